The van der Waals surface area contributed by atoms with Crippen LogP contribution in [0, 0.1) is 11.3 Å². The van der Waals surface area contributed by atoms with Gasteiger partial charge in [0.25, 0.3) is 0 Å². The summed E-state index contributed by atoms with van der Waals surface area (Å²) in [5, 5.41) is 13.9. The molecule has 0 saturated heterocycles. The highest BCUT2D eigenvalue weighted by atomic mass is 16.5. The van der Waals surface area contributed by atoms with Crippen LogP contribution in [0.25, 0.3) is 0 Å². The van der Waals surface area contributed by atoms with Crippen LogP contribution in [0.2, 0.25) is 0 Å². The van der Waals surface area contributed by atoms with Crippen LogP contribution in [0.1, 0.15) is 20.8 Å². The van der Waals surface area contributed by atoms with Gasteiger partial charge in [-0.1, -0.05) is 19.2 Å². The van der Waals surface area contributed by atoms with E-state index in [1.165, 1.54) is 18.2 Å². The topological polar surface area (TPSA) is 82.8 Å². The highest BCUT2D eigenvalue weighted by molar-refractivity contribution is 6.43. The predicted molar refractivity (Wildman–Crippen MR) is 84.4 cm³/mol. The van der Waals surface area contributed by atoms with Crippen LogP contribution in [0.4, 0.5) is 0 Å². The molecular formula is C16H19N3O3. The van der Waals surface area contributed by atoms with Crippen molar-refractivity contribution in [3.8, 4) is 6.07 Å². The minimum absolute atomic E-state index is 0.121. The van der Waals surface area contributed by atoms with E-state index < -0.39 is 5.97 Å². The molecule has 0 aromatic heterocycles. The molecular weight excluding hydrogens is 282 g/mol. The van der Waals surface area contributed by atoms with Crippen molar-refractivity contribution < 1.29 is 14.3 Å². The molecule has 0 bridgehead atoms. The second kappa shape index (κ2) is 9.88. The first-order valence-corrected chi connectivity index (χ1v) is 6.50. The third-order valence-corrected chi connectivity index (χ3v) is 2.62. The number of carbonyl (C=O) groups is 2. The van der Waals surface area contributed by atoms with Crippen molar-refractivity contribution in [2.45, 2.75) is 20.8 Å². The van der Waals surface area contributed by atoms with Crippen LogP contribution in [0.5, 0.6) is 0 Å². The number of hydrogen-bond donors (Lipinski definition) is 0. The largest absolute Gasteiger partial charge is 0.461 e. The van der Waals surface area contributed by atoms with Crippen molar-refractivity contribution in [3.63, 3.8) is 0 Å². The number of hydrogen-bond acceptors (Lipinski definition) is 5. The molecule has 0 radical (unpaired) electrons. The van der Waals surface area contributed by atoms with E-state index in [0.29, 0.717) is 23.3 Å². The van der Waals surface area contributed by atoms with E-state index in [1.807, 2.05) is 6.07 Å². The molecule has 0 spiro atoms. The Morgan fingerprint density at radius 1 is 1.41 bits per heavy atom. The molecule has 0 aliphatic heterocycles. The summed E-state index contributed by atoms with van der Waals surface area (Å²) >= 11 is 0. The lowest BCUT2D eigenvalue weighted by Crippen LogP contribution is -2.25. The van der Waals surface area contributed by atoms with Crippen molar-refractivity contribution in [1.29, 1.82) is 5.26 Å². The summed E-state index contributed by atoms with van der Waals surface area (Å²) in [6.07, 6.45) is 4.77. The second-order valence-corrected chi connectivity index (χ2v) is 4.01. The van der Waals surface area contributed by atoms with E-state index >= 15 is 0 Å². The Balaban J connectivity index is 6.06. The highest BCUT2D eigenvalue weighted by Crippen LogP contribution is 2.11. The van der Waals surface area contributed by atoms with Crippen LogP contribution in [-0.4, -0.2) is 29.7 Å². The molecule has 0 heterocycles. The minimum Gasteiger partial charge on any atom is -0.461 e. The molecule has 0 N–H and O–H groups in total. The van der Waals surface area contributed by atoms with Gasteiger partial charge in [0, 0.05) is 5.57 Å². The summed E-state index contributed by atoms with van der Waals surface area (Å²) in [6, 6.07) is 1.94. The molecule has 0 fully saturated rings. The number of ether oxygens (including phenoxy) is 1. The maximum atomic E-state index is 12.0. The lowest BCUT2D eigenvalue weighted by molar-refractivity contribution is -0.135. The van der Waals surface area contributed by atoms with E-state index in [0.717, 1.165) is 5.01 Å². The number of rotatable bonds is 8. The molecule has 0 atom stereocenters. The van der Waals surface area contributed by atoms with Crippen molar-refractivity contribution >= 4 is 18.1 Å². The maximum Gasteiger partial charge on any atom is 0.359 e. The van der Waals surface area contributed by atoms with Crippen LogP contribution >= 0.6 is 0 Å². The van der Waals surface area contributed by atoms with Crippen LogP contribution in [0.15, 0.2) is 53.3 Å². The highest BCUT2D eigenvalue weighted by Gasteiger charge is 2.19. The summed E-state index contributed by atoms with van der Waals surface area (Å²) < 4.78 is 4.92. The van der Waals surface area contributed by atoms with E-state index in [9.17, 15) is 9.59 Å². The number of hydrazone groups is 1. The number of carbonyl (C=O) groups excluding carboxylic acids is 2. The summed E-state index contributed by atoms with van der Waals surface area (Å²) in [5.74, 6) is -0.719. The molecule has 6 heteroatoms. The van der Waals surface area contributed by atoms with Crippen molar-refractivity contribution in [1.82, 2.24) is 5.01 Å². The molecule has 0 unspecified atom stereocenters. The van der Waals surface area contributed by atoms with Crippen molar-refractivity contribution in [3.05, 3.63) is 48.2 Å². The van der Waals surface area contributed by atoms with Crippen LogP contribution in [-0.2, 0) is 14.3 Å². The van der Waals surface area contributed by atoms with Crippen molar-refractivity contribution in [2.75, 3.05) is 6.61 Å². The quantitative estimate of drug-likeness (QED) is 0.172. The molecule has 0 aromatic carbocycles. The van der Waals surface area contributed by atoms with Gasteiger partial charge in [-0.15, -0.1) is 0 Å². The molecule has 0 saturated carbocycles. The lowest BCUT2D eigenvalue weighted by Gasteiger charge is -2.15. The molecule has 0 rings (SSSR count). The van der Waals surface area contributed by atoms with Gasteiger partial charge >= 0.3 is 5.97 Å². The van der Waals surface area contributed by atoms with Gasteiger partial charge in [-0.2, -0.15) is 10.4 Å². The number of esters is 1. The fourth-order valence-electron chi connectivity index (χ4n) is 1.34. The Kier molecular flexibility index (Phi) is 8.56. The first-order chi connectivity index (χ1) is 10.5. The van der Waals surface area contributed by atoms with Gasteiger partial charge in [-0.3, -0.25) is 4.79 Å². The van der Waals surface area contributed by atoms with Gasteiger partial charge in [0.1, 0.15) is 0 Å². The molecule has 22 heavy (non-hydrogen) atoms. The zero-order valence-corrected chi connectivity index (χ0v) is 13.0. The summed E-state index contributed by atoms with van der Waals surface area (Å²) in [6.45, 7) is 12.0. The Hall–Kier alpha value is -2.94. The molecule has 0 aliphatic carbocycles. The average Bonchev–Trinajstić information content (AvgIpc) is 2.53. The Bertz CT molecular complexity index is 592. The average molecular weight is 301 g/mol. The van der Waals surface area contributed by atoms with E-state index in [1.54, 1.807) is 20.8 Å². The fraction of sp³-hybridized carbons (Fsp3) is 0.250. The predicted octanol–water partition coefficient (Wildman–Crippen LogP) is 2.48. The number of nitriles is 1. The van der Waals surface area contributed by atoms with Gasteiger partial charge in [0.05, 0.1) is 18.4 Å². The Morgan fingerprint density at radius 2 is 2.05 bits per heavy atom. The van der Waals surface area contributed by atoms with Crippen LogP contribution < -0.4 is 0 Å². The zero-order valence-electron chi connectivity index (χ0n) is 13.0. The van der Waals surface area contributed by atoms with Gasteiger partial charge in [0.15, 0.2) is 5.71 Å². The fourth-order valence-corrected chi connectivity index (χ4v) is 1.34. The third kappa shape index (κ3) is 5.21. The first-order valence-electron chi connectivity index (χ1n) is 6.50. The van der Waals surface area contributed by atoms with E-state index in [2.05, 4.69) is 18.3 Å². The Labute approximate surface area is 130 Å². The van der Waals surface area contributed by atoms with Gasteiger partial charge in [0.2, 0.25) is 6.41 Å². The third-order valence-electron chi connectivity index (χ3n) is 2.62. The van der Waals surface area contributed by atoms with Gasteiger partial charge in [-0.25, -0.2) is 9.80 Å². The molecule has 116 valence electrons. The smallest absolute Gasteiger partial charge is 0.359 e. The summed E-state index contributed by atoms with van der Waals surface area (Å²) in [5.41, 5.74) is 0.833. The molecule has 0 aromatic rings. The number of nitrogens with zero attached hydrogens (tertiary/aromatic N) is 3. The van der Waals surface area contributed by atoms with E-state index in [-0.39, 0.29) is 12.3 Å². The maximum absolute atomic E-state index is 12.0. The molecule has 1 amide bonds. The Morgan fingerprint density at radius 3 is 2.45 bits per heavy atom. The monoisotopic (exact) mass is 301 g/mol. The summed E-state index contributed by atoms with van der Waals surface area (Å²) in [4.78, 5) is 23.2. The van der Waals surface area contributed by atoms with E-state index in [4.69, 9.17) is 10.00 Å². The first kappa shape index (κ1) is 19.1. The van der Waals surface area contributed by atoms with Gasteiger partial charge < -0.3 is 4.74 Å². The lowest BCUT2D eigenvalue weighted by atomic mass is 10.1. The minimum atomic E-state index is -0.719. The zero-order chi connectivity index (χ0) is 17.1. The normalized spacial score (nSPS) is 12.6. The standard InChI is InChI=1S/C16H19N3O3/c1-6-9-14(7-2)19(11-20)18-15(16(21)22-8-3)13(5)12(4)10-17/h6-7,9,11H,1-2,8H2,3-5H3/b13-12+,14-9+,18-15+. The van der Waals surface area contributed by atoms with Crippen molar-refractivity contribution in [2.24, 2.45) is 5.10 Å². The molecule has 0 aliphatic rings. The number of allylic oxidation sites excluding steroid dienone is 4. The summed E-state index contributed by atoms with van der Waals surface area (Å²) in [7, 11) is 0. The van der Waals surface area contributed by atoms with Gasteiger partial charge in [-0.05, 0) is 38.5 Å². The van der Waals surface area contributed by atoms with Crippen LogP contribution in [0.3, 0.4) is 0 Å². The number of amides is 1. The molecule has 6 nitrogen and oxygen atoms in total. The second-order valence-electron chi connectivity index (χ2n) is 4.01. The SMILES string of the molecule is C=C/C=C(\C=C)N(C=O)/N=C(C(=O)OCC)\C(C)=C(/C)C#N.